The fourth-order valence-electron chi connectivity index (χ4n) is 3.43. The summed E-state index contributed by atoms with van der Waals surface area (Å²) in [5.74, 6) is 0.914. The van der Waals surface area contributed by atoms with Crippen molar-refractivity contribution in [2.45, 2.75) is 57.8 Å². The molecule has 2 saturated heterocycles. The monoisotopic (exact) mass is 280 g/mol. The van der Waals surface area contributed by atoms with Crippen LogP contribution in [0.4, 0.5) is 0 Å². The molecule has 0 bridgehead atoms. The van der Waals surface area contributed by atoms with Crippen molar-refractivity contribution in [3.8, 4) is 0 Å². The fraction of sp³-hybridized carbons (Fsp3) is 0.800. The largest absolute Gasteiger partial charge is 0.390 e. The second-order valence-corrected chi connectivity index (χ2v) is 6.15. The van der Waals surface area contributed by atoms with Crippen molar-refractivity contribution >= 4 is 0 Å². The van der Waals surface area contributed by atoms with Crippen LogP contribution in [0.1, 0.15) is 42.7 Å². The molecular weight excluding hydrogens is 256 g/mol. The number of ether oxygens (including phenoxy) is 1. The number of aromatic nitrogens is 1. The van der Waals surface area contributed by atoms with E-state index < -0.39 is 0 Å². The van der Waals surface area contributed by atoms with E-state index in [0.717, 1.165) is 63.4 Å². The predicted octanol–water partition coefficient (Wildman–Crippen LogP) is 1.80. The zero-order chi connectivity index (χ0) is 14.2. The second-order valence-electron chi connectivity index (χ2n) is 6.15. The molecule has 3 rings (SSSR count). The highest BCUT2D eigenvalue weighted by Gasteiger charge is 2.43. The first-order valence-corrected chi connectivity index (χ1v) is 7.57. The van der Waals surface area contributed by atoms with Gasteiger partial charge in [0.15, 0.2) is 0 Å². The highest BCUT2D eigenvalue weighted by Crippen LogP contribution is 2.35. The van der Waals surface area contributed by atoms with E-state index >= 15 is 0 Å². The molecular formula is C15H24N2O3. The van der Waals surface area contributed by atoms with Crippen LogP contribution in [0.25, 0.3) is 0 Å². The first-order valence-electron chi connectivity index (χ1n) is 7.57. The van der Waals surface area contributed by atoms with Crippen LogP contribution in [-0.4, -0.2) is 46.6 Å². The first kappa shape index (κ1) is 14.0. The lowest BCUT2D eigenvalue weighted by molar-refractivity contribution is -0.177. The van der Waals surface area contributed by atoms with Crippen molar-refractivity contribution in [3.63, 3.8) is 0 Å². The van der Waals surface area contributed by atoms with E-state index in [-0.39, 0.29) is 11.7 Å². The lowest BCUT2D eigenvalue weighted by Crippen LogP contribution is -2.55. The third-order valence-electron chi connectivity index (χ3n) is 4.88. The van der Waals surface area contributed by atoms with Gasteiger partial charge in [-0.15, -0.1) is 0 Å². The minimum absolute atomic E-state index is 0.284. The van der Waals surface area contributed by atoms with E-state index in [1.165, 1.54) is 5.56 Å². The van der Waals surface area contributed by atoms with Gasteiger partial charge < -0.3 is 14.4 Å². The quantitative estimate of drug-likeness (QED) is 0.895. The third kappa shape index (κ3) is 2.50. The van der Waals surface area contributed by atoms with Gasteiger partial charge in [-0.3, -0.25) is 4.90 Å². The summed E-state index contributed by atoms with van der Waals surface area (Å²) in [4.78, 5) is 2.41. The van der Waals surface area contributed by atoms with Crippen LogP contribution in [0.3, 0.4) is 0 Å². The Morgan fingerprint density at radius 2 is 2.10 bits per heavy atom. The summed E-state index contributed by atoms with van der Waals surface area (Å²) in [6.45, 7) is 7.55. The molecule has 5 heteroatoms. The summed E-state index contributed by atoms with van der Waals surface area (Å²) in [6, 6.07) is 0. The van der Waals surface area contributed by atoms with Crippen molar-refractivity contribution in [1.29, 1.82) is 0 Å². The Morgan fingerprint density at radius 3 is 2.70 bits per heavy atom. The molecule has 0 amide bonds. The summed E-state index contributed by atoms with van der Waals surface area (Å²) in [5, 5.41) is 14.3. The average molecular weight is 280 g/mol. The van der Waals surface area contributed by atoms with Crippen LogP contribution in [0.5, 0.6) is 0 Å². The van der Waals surface area contributed by atoms with Gasteiger partial charge >= 0.3 is 0 Å². The Kier molecular flexibility index (Phi) is 3.84. The molecule has 2 aliphatic heterocycles. The van der Waals surface area contributed by atoms with Crippen molar-refractivity contribution in [2.75, 3.05) is 19.7 Å². The Labute approximate surface area is 119 Å². The molecule has 3 heterocycles. The Morgan fingerprint density at radius 1 is 1.35 bits per heavy atom. The summed E-state index contributed by atoms with van der Waals surface area (Å²) < 4.78 is 11.2. The molecule has 0 radical (unpaired) electrons. The van der Waals surface area contributed by atoms with Gasteiger partial charge in [0, 0.05) is 31.8 Å². The van der Waals surface area contributed by atoms with E-state index in [1.54, 1.807) is 0 Å². The van der Waals surface area contributed by atoms with Crippen LogP contribution in [-0.2, 0) is 11.3 Å². The molecule has 1 atom stereocenters. The fourth-order valence-corrected chi connectivity index (χ4v) is 3.43. The molecule has 112 valence electrons. The Balaban J connectivity index is 1.61. The van der Waals surface area contributed by atoms with Gasteiger partial charge in [-0.2, -0.15) is 0 Å². The minimum atomic E-state index is -0.294. The van der Waals surface area contributed by atoms with E-state index in [1.807, 2.05) is 13.8 Å². The molecule has 0 aliphatic carbocycles. The third-order valence-corrected chi connectivity index (χ3v) is 4.88. The van der Waals surface area contributed by atoms with E-state index in [4.69, 9.17) is 9.26 Å². The number of likely N-dealkylation sites (tertiary alicyclic amines) is 1. The van der Waals surface area contributed by atoms with Gasteiger partial charge in [-0.25, -0.2) is 0 Å². The zero-order valence-corrected chi connectivity index (χ0v) is 12.4. The molecule has 20 heavy (non-hydrogen) atoms. The average Bonchev–Trinajstić information content (AvgIpc) is 2.76. The number of hydrogen-bond acceptors (Lipinski definition) is 5. The smallest absolute Gasteiger partial charge is 0.138 e. The number of hydrogen-bond donors (Lipinski definition) is 1. The molecule has 2 fully saturated rings. The van der Waals surface area contributed by atoms with E-state index in [9.17, 15) is 5.11 Å². The summed E-state index contributed by atoms with van der Waals surface area (Å²) in [6.07, 6.45) is 3.39. The zero-order valence-electron chi connectivity index (χ0n) is 12.4. The standard InChI is InChI=1S/C15H24N2O3/c1-11-13(12(2)20-16-11)10-17-7-5-15(6-8-17)14(18)4-3-9-19-15/h14,18H,3-10H2,1-2H3. The molecule has 0 saturated carbocycles. The van der Waals surface area contributed by atoms with Gasteiger partial charge in [-0.1, -0.05) is 5.16 Å². The van der Waals surface area contributed by atoms with Crippen molar-refractivity contribution in [2.24, 2.45) is 0 Å². The lowest BCUT2D eigenvalue weighted by atomic mass is 9.82. The summed E-state index contributed by atoms with van der Waals surface area (Å²) >= 11 is 0. The van der Waals surface area contributed by atoms with Crippen LogP contribution >= 0.6 is 0 Å². The maximum absolute atomic E-state index is 10.2. The van der Waals surface area contributed by atoms with Gasteiger partial charge in [0.2, 0.25) is 0 Å². The molecule has 0 aromatic carbocycles. The maximum atomic E-state index is 10.2. The van der Waals surface area contributed by atoms with Crippen LogP contribution in [0.15, 0.2) is 4.52 Å². The van der Waals surface area contributed by atoms with Gasteiger partial charge in [0.05, 0.1) is 17.4 Å². The second kappa shape index (κ2) is 5.47. The molecule has 1 aromatic rings. The summed E-state index contributed by atoms with van der Waals surface area (Å²) in [5.41, 5.74) is 1.90. The van der Waals surface area contributed by atoms with Crippen LogP contribution in [0, 0.1) is 13.8 Å². The molecule has 5 nitrogen and oxygen atoms in total. The Bertz CT molecular complexity index is 444. The predicted molar refractivity (Wildman–Crippen MR) is 74.4 cm³/mol. The molecule has 1 spiro atoms. The molecule has 2 aliphatic rings. The number of rotatable bonds is 2. The number of aliphatic hydroxyl groups is 1. The maximum Gasteiger partial charge on any atom is 0.138 e. The lowest BCUT2D eigenvalue weighted by Gasteiger charge is -2.46. The first-order chi connectivity index (χ1) is 9.61. The molecule has 1 N–H and O–H groups in total. The van der Waals surface area contributed by atoms with Gasteiger partial charge in [0.1, 0.15) is 5.76 Å². The normalized spacial score (nSPS) is 27.1. The van der Waals surface area contributed by atoms with Gasteiger partial charge in [0.25, 0.3) is 0 Å². The van der Waals surface area contributed by atoms with Crippen LogP contribution < -0.4 is 0 Å². The van der Waals surface area contributed by atoms with Gasteiger partial charge in [-0.05, 0) is 39.5 Å². The Hall–Kier alpha value is -0.910. The van der Waals surface area contributed by atoms with Crippen molar-refractivity contribution < 1.29 is 14.4 Å². The van der Waals surface area contributed by atoms with Crippen molar-refractivity contribution in [3.05, 3.63) is 17.0 Å². The number of aliphatic hydroxyl groups excluding tert-OH is 1. The van der Waals surface area contributed by atoms with E-state index in [0.29, 0.717) is 0 Å². The molecule has 1 unspecified atom stereocenters. The molecule has 1 aromatic heterocycles. The highest BCUT2D eigenvalue weighted by molar-refractivity contribution is 5.20. The summed E-state index contributed by atoms with van der Waals surface area (Å²) in [7, 11) is 0. The SMILES string of the molecule is Cc1noc(C)c1CN1CCC2(CC1)OCCCC2O. The number of nitrogens with zero attached hydrogens (tertiary/aromatic N) is 2. The number of aryl methyl sites for hydroxylation is 2. The van der Waals surface area contributed by atoms with Crippen LogP contribution in [0.2, 0.25) is 0 Å². The van der Waals surface area contributed by atoms with E-state index in [2.05, 4.69) is 10.1 Å². The highest BCUT2D eigenvalue weighted by atomic mass is 16.5. The number of piperidine rings is 1. The minimum Gasteiger partial charge on any atom is -0.390 e. The van der Waals surface area contributed by atoms with Crippen molar-refractivity contribution in [1.82, 2.24) is 10.1 Å². The topological polar surface area (TPSA) is 58.7 Å².